The Morgan fingerprint density at radius 2 is 1.74 bits per heavy atom. The molecule has 0 aromatic carbocycles. The lowest BCUT2D eigenvalue weighted by molar-refractivity contribution is -0.144. The zero-order chi connectivity index (χ0) is 15.1. The van der Waals surface area contributed by atoms with E-state index >= 15 is 0 Å². The molecule has 108 valence electrons. The Bertz CT molecular complexity index is 352. The Hall–Kier alpha value is -1.57. The third-order valence-corrected chi connectivity index (χ3v) is 3.19. The van der Waals surface area contributed by atoms with Gasteiger partial charge in [-0.3, -0.25) is 9.59 Å². The molecule has 0 aromatic heterocycles. The van der Waals surface area contributed by atoms with Crippen LogP contribution in [0.5, 0.6) is 0 Å². The molecule has 0 saturated heterocycles. The van der Waals surface area contributed by atoms with E-state index in [1.807, 2.05) is 27.7 Å². The highest BCUT2D eigenvalue weighted by Gasteiger charge is 2.41. The number of amides is 2. The van der Waals surface area contributed by atoms with Crippen LogP contribution in [0.4, 0.5) is 0 Å². The predicted molar refractivity (Wildman–Crippen MR) is 73.9 cm³/mol. The molecule has 19 heavy (non-hydrogen) atoms. The van der Waals surface area contributed by atoms with Crippen LogP contribution in [0.2, 0.25) is 0 Å². The average Bonchev–Trinajstić information content (AvgIpc) is 2.34. The lowest BCUT2D eigenvalue weighted by atomic mass is 9.79. The fourth-order valence-electron chi connectivity index (χ4n) is 2.28. The van der Waals surface area contributed by atoms with Crippen LogP contribution in [0.3, 0.4) is 0 Å². The van der Waals surface area contributed by atoms with E-state index < -0.39 is 11.3 Å². The summed E-state index contributed by atoms with van der Waals surface area (Å²) in [5.41, 5.74) is 4.16. The SMILES string of the molecule is CCCC(C#N)(CCC)C(=O)N(CC(N)=O)C(C)C. The molecule has 0 heterocycles. The molecule has 0 aliphatic heterocycles. The summed E-state index contributed by atoms with van der Waals surface area (Å²) in [4.78, 5) is 25.2. The highest BCUT2D eigenvalue weighted by molar-refractivity contribution is 5.89. The second-order valence-electron chi connectivity index (χ2n) is 5.19. The van der Waals surface area contributed by atoms with Crippen molar-refractivity contribution in [1.29, 1.82) is 5.26 Å². The first-order valence-corrected chi connectivity index (χ1v) is 6.85. The monoisotopic (exact) mass is 267 g/mol. The largest absolute Gasteiger partial charge is 0.368 e. The van der Waals surface area contributed by atoms with Crippen LogP contribution in [0.1, 0.15) is 53.4 Å². The molecular weight excluding hydrogens is 242 g/mol. The molecule has 5 heteroatoms. The van der Waals surface area contributed by atoms with Crippen molar-refractivity contribution < 1.29 is 9.59 Å². The van der Waals surface area contributed by atoms with Crippen molar-refractivity contribution in [1.82, 2.24) is 4.90 Å². The molecule has 0 rings (SSSR count). The van der Waals surface area contributed by atoms with Crippen LogP contribution in [-0.2, 0) is 9.59 Å². The second-order valence-corrected chi connectivity index (χ2v) is 5.19. The summed E-state index contributed by atoms with van der Waals surface area (Å²) in [7, 11) is 0. The van der Waals surface area contributed by atoms with Crippen LogP contribution in [0.25, 0.3) is 0 Å². The minimum Gasteiger partial charge on any atom is -0.368 e. The lowest BCUT2D eigenvalue weighted by Gasteiger charge is -2.34. The van der Waals surface area contributed by atoms with Gasteiger partial charge in [-0.1, -0.05) is 26.7 Å². The van der Waals surface area contributed by atoms with Crippen molar-refractivity contribution in [3.05, 3.63) is 0 Å². The van der Waals surface area contributed by atoms with Gasteiger partial charge in [0, 0.05) is 6.04 Å². The average molecular weight is 267 g/mol. The molecule has 0 aromatic rings. The molecule has 0 fully saturated rings. The van der Waals surface area contributed by atoms with Gasteiger partial charge in [-0.2, -0.15) is 5.26 Å². The molecule has 0 aliphatic rings. The van der Waals surface area contributed by atoms with Gasteiger partial charge in [-0.15, -0.1) is 0 Å². The minimum atomic E-state index is -1.02. The zero-order valence-corrected chi connectivity index (χ0v) is 12.4. The van der Waals surface area contributed by atoms with E-state index in [2.05, 4.69) is 6.07 Å². The summed E-state index contributed by atoms with van der Waals surface area (Å²) in [5, 5.41) is 9.46. The quantitative estimate of drug-likeness (QED) is 0.727. The summed E-state index contributed by atoms with van der Waals surface area (Å²) < 4.78 is 0. The fraction of sp³-hybridized carbons (Fsp3) is 0.786. The van der Waals surface area contributed by atoms with Crippen molar-refractivity contribution in [3.63, 3.8) is 0 Å². The summed E-state index contributed by atoms with van der Waals surface area (Å²) in [5.74, 6) is -0.825. The van der Waals surface area contributed by atoms with Gasteiger partial charge in [-0.05, 0) is 26.7 Å². The molecule has 0 atom stereocenters. The number of nitrogens with zero attached hydrogens (tertiary/aromatic N) is 2. The van der Waals surface area contributed by atoms with Crippen LogP contribution in [-0.4, -0.2) is 29.3 Å². The van der Waals surface area contributed by atoms with E-state index in [1.54, 1.807) is 0 Å². The van der Waals surface area contributed by atoms with Gasteiger partial charge >= 0.3 is 0 Å². The smallest absolute Gasteiger partial charge is 0.243 e. The van der Waals surface area contributed by atoms with Crippen molar-refractivity contribution in [2.75, 3.05) is 6.54 Å². The van der Waals surface area contributed by atoms with Crippen LogP contribution in [0.15, 0.2) is 0 Å². The summed E-state index contributed by atoms with van der Waals surface area (Å²) in [6, 6.07) is 2.03. The number of hydrogen-bond acceptors (Lipinski definition) is 3. The number of carbonyl (C=O) groups is 2. The van der Waals surface area contributed by atoms with Gasteiger partial charge in [0.25, 0.3) is 0 Å². The number of rotatable bonds is 8. The van der Waals surface area contributed by atoms with Gasteiger partial charge in [-0.25, -0.2) is 0 Å². The summed E-state index contributed by atoms with van der Waals surface area (Å²) in [6.45, 7) is 7.40. The summed E-state index contributed by atoms with van der Waals surface area (Å²) >= 11 is 0. The van der Waals surface area contributed by atoms with E-state index in [1.165, 1.54) is 4.90 Å². The minimum absolute atomic E-state index is 0.132. The Balaban J connectivity index is 5.35. The standard InChI is InChI=1S/C14H25N3O2/c1-5-7-14(10-15,8-6-2)13(19)17(11(3)4)9-12(16)18/h11H,5-9H2,1-4H3,(H2,16,18). The molecule has 0 spiro atoms. The van der Waals surface area contributed by atoms with Gasteiger partial charge in [0.15, 0.2) is 0 Å². The predicted octanol–water partition coefficient (Wildman–Crippen LogP) is 1.82. The number of hydrogen-bond donors (Lipinski definition) is 1. The molecule has 0 unspecified atom stereocenters. The summed E-state index contributed by atoms with van der Waals surface area (Å²) in [6.07, 6.45) is 2.53. The highest BCUT2D eigenvalue weighted by atomic mass is 16.2. The number of nitrogens with two attached hydrogens (primary N) is 1. The van der Waals surface area contributed by atoms with E-state index in [-0.39, 0.29) is 18.5 Å². The Morgan fingerprint density at radius 3 is 2.00 bits per heavy atom. The number of primary amides is 1. The Kier molecular flexibility index (Phi) is 7.13. The van der Waals surface area contributed by atoms with Crippen molar-refractivity contribution in [2.24, 2.45) is 11.1 Å². The van der Waals surface area contributed by atoms with Crippen LogP contribution >= 0.6 is 0 Å². The molecular formula is C14H25N3O2. The third kappa shape index (κ3) is 4.55. The van der Waals surface area contributed by atoms with Crippen molar-refractivity contribution in [3.8, 4) is 6.07 Å². The fourth-order valence-corrected chi connectivity index (χ4v) is 2.28. The lowest BCUT2D eigenvalue weighted by Crippen LogP contribution is -2.49. The van der Waals surface area contributed by atoms with E-state index in [0.717, 1.165) is 12.8 Å². The highest BCUT2D eigenvalue weighted by Crippen LogP contribution is 2.32. The van der Waals surface area contributed by atoms with Gasteiger partial charge in [0.2, 0.25) is 11.8 Å². The van der Waals surface area contributed by atoms with Gasteiger partial charge in [0.05, 0.1) is 12.6 Å². The van der Waals surface area contributed by atoms with E-state index in [0.29, 0.717) is 12.8 Å². The van der Waals surface area contributed by atoms with E-state index in [9.17, 15) is 14.9 Å². The van der Waals surface area contributed by atoms with Crippen molar-refractivity contribution >= 4 is 11.8 Å². The second kappa shape index (κ2) is 7.78. The molecule has 2 amide bonds. The maximum absolute atomic E-state index is 12.6. The molecule has 0 saturated carbocycles. The number of nitriles is 1. The Labute approximate surface area is 115 Å². The molecule has 2 N–H and O–H groups in total. The first kappa shape index (κ1) is 17.4. The topological polar surface area (TPSA) is 87.2 Å². The third-order valence-electron chi connectivity index (χ3n) is 3.19. The van der Waals surface area contributed by atoms with Crippen molar-refractivity contribution in [2.45, 2.75) is 59.4 Å². The number of carbonyl (C=O) groups excluding carboxylic acids is 2. The molecule has 5 nitrogen and oxygen atoms in total. The van der Waals surface area contributed by atoms with Crippen LogP contribution < -0.4 is 5.73 Å². The molecule has 0 radical (unpaired) electrons. The van der Waals surface area contributed by atoms with Gasteiger partial charge in [0.1, 0.15) is 5.41 Å². The maximum atomic E-state index is 12.6. The molecule has 0 bridgehead atoms. The van der Waals surface area contributed by atoms with Gasteiger partial charge < -0.3 is 10.6 Å². The van der Waals surface area contributed by atoms with Crippen LogP contribution in [0, 0.1) is 16.7 Å². The first-order valence-electron chi connectivity index (χ1n) is 6.85. The Morgan fingerprint density at radius 1 is 1.26 bits per heavy atom. The van der Waals surface area contributed by atoms with E-state index in [4.69, 9.17) is 5.73 Å². The molecule has 0 aliphatic carbocycles. The first-order chi connectivity index (χ1) is 8.84. The maximum Gasteiger partial charge on any atom is 0.243 e. The normalized spacial score (nSPS) is 11.2. The zero-order valence-electron chi connectivity index (χ0n) is 12.4.